The van der Waals surface area contributed by atoms with Crippen LogP contribution in [0.2, 0.25) is 0 Å². The molecule has 2 atom stereocenters. The number of carbonyl (C=O) groups excluding carboxylic acids is 2. The quantitative estimate of drug-likeness (QED) is 0.818. The minimum absolute atomic E-state index is 0.0944. The summed E-state index contributed by atoms with van der Waals surface area (Å²) in [4.78, 5) is 23.8. The van der Waals surface area contributed by atoms with Crippen molar-refractivity contribution in [1.82, 2.24) is 5.32 Å². The van der Waals surface area contributed by atoms with Crippen molar-refractivity contribution < 1.29 is 19.1 Å². The second kappa shape index (κ2) is 8.56. The van der Waals surface area contributed by atoms with Gasteiger partial charge in [0.1, 0.15) is 5.75 Å². The number of methoxy groups -OCH3 is 1. The zero-order valence-corrected chi connectivity index (χ0v) is 13.8. The van der Waals surface area contributed by atoms with Gasteiger partial charge < -0.3 is 14.8 Å². The molecule has 0 aliphatic heterocycles. The van der Waals surface area contributed by atoms with E-state index in [2.05, 4.69) is 12.2 Å². The molecule has 0 saturated heterocycles. The van der Waals surface area contributed by atoms with Crippen molar-refractivity contribution in [3.8, 4) is 5.75 Å². The summed E-state index contributed by atoms with van der Waals surface area (Å²) < 4.78 is 10.3. The number of amides is 1. The van der Waals surface area contributed by atoms with E-state index < -0.39 is 5.97 Å². The number of nitrogens with one attached hydrogen (secondary N) is 1. The van der Waals surface area contributed by atoms with Crippen LogP contribution in [0.15, 0.2) is 24.3 Å². The fourth-order valence-electron chi connectivity index (χ4n) is 2.98. The Kier molecular flexibility index (Phi) is 6.44. The molecule has 5 nitrogen and oxygen atoms in total. The lowest BCUT2D eigenvalue weighted by atomic mass is 9.86. The van der Waals surface area contributed by atoms with Gasteiger partial charge in [0.05, 0.1) is 13.5 Å². The third-order valence-electron chi connectivity index (χ3n) is 4.35. The Labute approximate surface area is 137 Å². The average molecular weight is 319 g/mol. The molecule has 0 bridgehead atoms. The van der Waals surface area contributed by atoms with Gasteiger partial charge in [-0.3, -0.25) is 9.59 Å². The highest BCUT2D eigenvalue weighted by atomic mass is 16.5. The van der Waals surface area contributed by atoms with Gasteiger partial charge >= 0.3 is 5.97 Å². The van der Waals surface area contributed by atoms with E-state index in [-0.39, 0.29) is 25.0 Å². The molecule has 0 aromatic heterocycles. The van der Waals surface area contributed by atoms with E-state index in [1.165, 1.54) is 6.42 Å². The molecule has 126 valence electrons. The van der Waals surface area contributed by atoms with Gasteiger partial charge in [-0.1, -0.05) is 38.0 Å². The van der Waals surface area contributed by atoms with Gasteiger partial charge in [0.15, 0.2) is 6.61 Å². The fourth-order valence-corrected chi connectivity index (χ4v) is 2.98. The Morgan fingerprint density at radius 1 is 1.22 bits per heavy atom. The summed E-state index contributed by atoms with van der Waals surface area (Å²) in [6.45, 7) is 1.93. The maximum atomic E-state index is 11.9. The van der Waals surface area contributed by atoms with Crippen molar-refractivity contribution in [3.63, 3.8) is 0 Å². The zero-order valence-electron chi connectivity index (χ0n) is 13.8. The summed E-state index contributed by atoms with van der Waals surface area (Å²) in [7, 11) is 1.56. The highest BCUT2D eigenvalue weighted by molar-refractivity contribution is 5.81. The van der Waals surface area contributed by atoms with Gasteiger partial charge in [0.2, 0.25) is 0 Å². The van der Waals surface area contributed by atoms with Crippen LogP contribution in [-0.4, -0.2) is 31.6 Å². The first kappa shape index (κ1) is 17.3. The number of hydrogen-bond donors (Lipinski definition) is 1. The van der Waals surface area contributed by atoms with Crippen LogP contribution < -0.4 is 10.1 Å². The molecule has 1 aliphatic rings. The minimum atomic E-state index is -0.429. The first-order valence-corrected chi connectivity index (χ1v) is 8.17. The molecule has 2 rings (SSSR count). The minimum Gasteiger partial charge on any atom is -0.496 e. The van der Waals surface area contributed by atoms with E-state index in [9.17, 15) is 9.59 Å². The van der Waals surface area contributed by atoms with Crippen molar-refractivity contribution in [2.75, 3.05) is 13.7 Å². The summed E-state index contributed by atoms with van der Waals surface area (Å²) in [6, 6.07) is 7.47. The van der Waals surface area contributed by atoms with Crippen LogP contribution in [0.3, 0.4) is 0 Å². The molecule has 1 aliphatic carbocycles. The standard InChI is InChI=1S/C18H25NO4/c1-13-7-3-5-9-15(13)19-17(20)12-23-18(21)11-14-8-4-6-10-16(14)22-2/h4,6,8,10,13,15H,3,5,7,9,11-12H2,1-2H3,(H,19,20)/t13-,15+/m1/s1. The van der Waals surface area contributed by atoms with E-state index in [0.29, 0.717) is 11.7 Å². The number of ether oxygens (including phenoxy) is 2. The molecule has 0 radical (unpaired) electrons. The van der Waals surface area contributed by atoms with Crippen LogP contribution in [0.25, 0.3) is 0 Å². The highest BCUT2D eigenvalue weighted by Gasteiger charge is 2.23. The predicted octanol–water partition coefficient (Wildman–Crippen LogP) is 2.48. The smallest absolute Gasteiger partial charge is 0.310 e. The van der Waals surface area contributed by atoms with Gasteiger partial charge in [0, 0.05) is 11.6 Å². The lowest BCUT2D eigenvalue weighted by molar-refractivity contribution is -0.148. The maximum absolute atomic E-state index is 11.9. The van der Waals surface area contributed by atoms with Crippen LogP contribution in [0.5, 0.6) is 5.75 Å². The van der Waals surface area contributed by atoms with Crippen LogP contribution in [0, 0.1) is 5.92 Å². The molecule has 1 aromatic rings. The van der Waals surface area contributed by atoms with E-state index in [1.807, 2.05) is 18.2 Å². The number of hydrogen-bond acceptors (Lipinski definition) is 4. The van der Waals surface area contributed by atoms with Gasteiger partial charge in [0.25, 0.3) is 5.91 Å². The van der Waals surface area contributed by atoms with Gasteiger partial charge in [-0.25, -0.2) is 0 Å². The van der Waals surface area contributed by atoms with Crippen LogP contribution in [0.1, 0.15) is 38.2 Å². The molecule has 1 saturated carbocycles. The SMILES string of the molecule is COc1ccccc1CC(=O)OCC(=O)N[C@H]1CCCC[C@H]1C. The first-order chi connectivity index (χ1) is 11.1. The molecule has 0 spiro atoms. The number of esters is 1. The summed E-state index contributed by atoms with van der Waals surface area (Å²) in [6.07, 6.45) is 4.60. The van der Waals surface area contributed by atoms with Crippen molar-refractivity contribution >= 4 is 11.9 Å². The maximum Gasteiger partial charge on any atom is 0.310 e. The molecule has 1 fully saturated rings. The van der Waals surface area contributed by atoms with Crippen LogP contribution >= 0.6 is 0 Å². The topological polar surface area (TPSA) is 64.6 Å². The molecule has 23 heavy (non-hydrogen) atoms. The fraction of sp³-hybridized carbons (Fsp3) is 0.556. The molecule has 1 N–H and O–H groups in total. The molecule has 1 aromatic carbocycles. The Hall–Kier alpha value is -2.04. The third-order valence-corrected chi connectivity index (χ3v) is 4.35. The molecule has 0 heterocycles. The second-order valence-corrected chi connectivity index (χ2v) is 6.09. The van der Waals surface area contributed by atoms with E-state index in [1.54, 1.807) is 13.2 Å². The average Bonchev–Trinajstić information content (AvgIpc) is 2.55. The Morgan fingerprint density at radius 2 is 1.96 bits per heavy atom. The molecular weight excluding hydrogens is 294 g/mol. The monoisotopic (exact) mass is 319 g/mol. The molecule has 0 unspecified atom stereocenters. The Bertz CT molecular complexity index is 544. The van der Waals surface area contributed by atoms with Crippen LogP contribution in [-0.2, 0) is 20.7 Å². The van der Waals surface area contributed by atoms with E-state index in [0.717, 1.165) is 24.8 Å². The van der Waals surface area contributed by atoms with Gasteiger partial charge in [-0.2, -0.15) is 0 Å². The number of benzene rings is 1. The normalized spacial score (nSPS) is 20.6. The Balaban J connectivity index is 1.76. The highest BCUT2D eigenvalue weighted by Crippen LogP contribution is 2.23. The lowest BCUT2D eigenvalue weighted by Crippen LogP contribution is -2.42. The lowest BCUT2D eigenvalue weighted by Gasteiger charge is -2.29. The van der Waals surface area contributed by atoms with Crippen molar-refractivity contribution in [2.24, 2.45) is 5.92 Å². The first-order valence-electron chi connectivity index (χ1n) is 8.17. The van der Waals surface area contributed by atoms with E-state index >= 15 is 0 Å². The largest absolute Gasteiger partial charge is 0.496 e. The van der Waals surface area contributed by atoms with Gasteiger partial charge in [-0.05, 0) is 24.8 Å². The van der Waals surface area contributed by atoms with Crippen molar-refractivity contribution in [2.45, 2.75) is 45.1 Å². The summed E-state index contributed by atoms with van der Waals surface area (Å²) in [5.41, 5.74) is 0.751. The summed E-state index contributed by atoms with van der Waals surface area (Å²) in [5, 5.41) is 2.97. The van der Waals surface area contributed by atoms with Gasteiger partial charge in [-0.15, -0.1) is 0 Å². The third kappa shape index (κ3) is 5.27. The molecule has 5 heteroatoms. The summed E-state index contributed by atoms with van der Waals surface area (Å²) in [5.74, 6) is 0.473. The van der Waals surface area contributed by atoms with E-state index in [4.69, 9.17) is 9.47 Å². The number of carbonyl (C=O) groups is 2. The molecule has 1 amide bonds. The van der Waals surface area contributed by atoms with Crippen molar-refractivity contribution in [1.29, 1.82) is 0 Å². The zero-order chi connectivity index (χ0) is 16.7. The number of rotatable bonds is 6. The summed E-state index contributed by atoms with van der Waals surface area (Å²) >= 11 is 0. The predicted molar refractivity (Wildman–Crippen MR) is 87.2 cm³/mol. The number of para-hydroxylation sites is 1. The van der Waals surface area contributed by atoms with Crippen molar-refractivity contribution in [3.05, 3.63) is 29.8 Å². The second-order valence-electron chi connectivity index (χ2n) is 6.09. The van der Waals surface area contributed by atoms with Crippen LogP contribution in [0.4, 0.5) is 0 Å². The Morgan fingerprint density at radius 3 is 2.70 bits per heavy atom. The molecular formula is C18H25NO4.